The molecule has 0 fully saturated rings. The highest BCUT2D eigenvalue weighted by molar-refractivity contribution is 5.92. The molecule has 100 valence electrons. The van der Waals surface area contributed by atoms with Gasteiger partial charge in [-0.2, -0.15) is 0 Å². The van der Waals surface area contributed by atoms with E-state index in [0.29, 0.717) is 12.0 Å². The molecule has 1 aliphatic rings. The molecular weight excluding hydrogens is 232 g/mol. The molecule has 0 saturated carbocycles. The Morgan fingerprint density at radius 2 is 1.94 bits per heavy atom. The van der Waals surface area contributed by atoms with Crippen molar-refractivity contribution in [3.63, 3.8) is 0 Å². The van der Waals surface area contributed by atoms with Crippen LogP contribution in [0, 0.1) is 11.3 Å². The van der Waals surface area contributed by atoms with E-state index in [1.807, 2.05) is 20.8 Å². The lowest BCUT2D eigenvalue weighted by Crippen LogP contribution is -2.41. The summed E-state index contributed by atoms with van der Waals surface area (Å²) in [4.78, 5) is 22.9. The summed E-state index contributed by atoms with van der Waals surface area (Å²) in [5, 5.41) is 18.8. The van der Waals surface area contributed by atoms with Crippen LogP contribution in [0.3, 0.4) is 0 Å². The SMILES string of the molecule is CCC1=CC(C)=C(C(=O)O)CC1(C(=O)O)C(C)C. The largest absolute Gasteiger partial charge is 0.481 e. The maximum atomic E-state index is 11.7. The first-order chi connectivity index (χ1) is 8.27. The average molecular weight is 252 g/mol. The van der Waals surface area contributed by atoms with Gasteiger partial charge < -0.3 is 10.2 Å². The standard InChI is InChI=1S/C14H20O4/c1-5-10-6-9(4)11(12(15)16)7-14(10,8(2)3)13(17)18/h6,8H,5,7H2,1-4H3,(H,15,16)(H,17,18). The zero-order valence-corrected chi connectivity index (χ0v) is 11.3. The molecule has 0 radical (unpaired) electrons. The summed E-state index contributed by atoms with van der Waals surface area (Å²) in [5.74, 6) is -2.11. The first kappa shape index (κ1) is 14.5. The van der Waals surface area contributed by atoms with E-state index in [1.54, 1.807) is 13.0 Å². The van der Waals surface area contributed by atoms with Crippen molar-refractivity contribution < 1.29 is 19.8 Å². The molecule has 0 aliphatic heterocycles. The number of aliphatic carboxylic acids is 2. The van der Waals surface area contributed by atoms with Gasteiger partial charge in [0.15, 0.2) is 0 Å². The third-order valence-corrected chi connectivity index (χ3v) is 3.90. The molecule has 2 N–H and O–H groups in total. The molecular formula is C14H20O4. The molecule has 4 nitrogen and oxygen atoms in total. The number of hydrogen-bond donors (Lipinski definition) is 2. The predicted molar refractivity (Wildman–Crippen MR) is 68.2 cm³/mol. The number of carboxylic acid groups (broad SMARTS) is 2. The maximum Gasteiger partial charge on any atom is 0.331 e. The number of hydrogen-bond acceptors (Lipinski definition) is 2. The predicted octanol–water partition coefficient (Wildman–Crippen LogP) is 2.85. The molecule has 0 heterocycles. The minimum Gasteiger partial charge on any atom is -0.481 e. The highest BCUT2D eigenvalue weighted by Crippen LogP contribution is 2.47. The lowest BCUT2D eigenvalue weighted by atomic mass is 9.63. The lowest BCUT2D eigenvalue weighted by Gasteiger charge is -2.38. The van der Waals surface area contributed by atoms with Gasteiger partial charge in [0, 0.05) is 5.57 Å². The van der Waals surface area contributed by atoms with E-state index in [0.717, 1.165) is 5.57 Å². The molecule has 4 heteroatoms. The van der Waals surface area contributed by atoms with Crippen LogP contribution < -0.4 is 0 Å². The third-order valence-electron chi connectivity index (χ3n) is 3.90. The van der Waals surface area contributed by atoms with E-state index in [2.05, 4.69) is 0 Å². The van der Waals surface area contributed by atoms with Crippen LogP contribution in [0.25, 0.3) is 0 Å². The van der Waals surface area contributed by atoms with E-state index in [9.17, 15) is 19.8 Å². The van der Waals surface area contributed by atoms with Crippen molar-refractivity contribution in [1.82, 2.24) is 0 Å². The Morgan fingerprint density at radius 3 is 2.28 bits per heavy atom. The normalized spacial score (nSPS) is 24.2. The van der Waals surface area contributed by atoms with Crippen LogP contribution in [-0.2, 0) is 9.59 Å². The topological polar surface area (TPSA) is 74.6 Å². The second-order valence-electron chi connectivity index (χ2n) is 5.10. The van der Waals surface area contributed by atoms with Gasteiger partial charge >= 0.3 is 11.9 Å². The molecule has 0 saturated heterocycles. The molecule has 0 spiro atoms. The monoisotopic (exact) mass is 252 g/mol. The van der Waals surface area contributed by atoms with Gasteiger partial charge in [0.1, 0.15) is 0 Å². The highest BCUT2D eigenvalue weighted by Gasteiger charge is 2.47. The van der Waals surface area contributed by atoms with Crippen molar-refractivity contribution in [3.8, 4) is 0 Å². The number of carbonyl (C=O) groups is 2. The van der Waals surface area contributed by atoms with Crippen LogP contribution in [0.5, 0.6) is 0 Å². The summed E-state index contributed by atoms with van der Waals surface area (Å²) in [6.45, 7) is 7.30. The number of rotatable bonds is 4. The lowest BCUT2D eigenvalue weighted by molar-refractivity contribution is -0.149. The van der Waals surface area contributed by atoms with Gasteiger partial charge in [0.2, 0.25) is 0 Å². The number of carboxylic acids is 2. The summed E-state index contributed by atoms with van der Waals surface area (Å²) in [5.41, 5.74) is 0.606. The zero-order valence-electron chi connectivity index (χ0n) is 11.3. The minimum atomic E-state index is -1.08. The maximum absolute atomic E-state index is 11.7. The van der Waals surface area contributed by atoms with Crippen molar-refractivity contribution in [2.75, 3.05) is 0 Å². The molecule has 0 aromatic heterocycles. The average Bonchev–Trinajstić information content (AvgIpc) is 2.27. The third kappa shape index (κ3) is 2.07. The quantitative estimate of drug-likeness (QED) is 0.806. The molecule has 18 heavy (non-hydrogen) atoms. The number of allylic oxidation sites excluding steroid dienone is 2. The van der Waals surface area contributed by atoms with Gasteiger partial charge in [0.05, 0.1) is 5.41 Å². The Kier molecular flexibility index (Phi) is 3.99. The molecule has 0 aromatic carbocycles. The second kappa shape index (κ2) is 4.96. The first-order valence-corrected chi connectivity index (χ1v) is 6.14. The Balaban J connectivity index is 3.44. The molecule has 0 bridgehead atoms. The fourth-order valence-electron chi connectivity index (χ4n) is 2.71. The Hall–Kier alpha value is -1.58. The Morgan fingerprint density at radius 1 is 1.39 bits per heavy atom. The first-order valence-electron chi connectivity index (χ1n) is 6.14. The summed E-state index contributed by atoms with van der Waals surface area (Å²) in [7, 11) is 0. The van der Waals surface area contributed by atoms with Crippen LogP contribution >= 0.6 is 0 Å². The van der Waals surface area contributed by atoms with Crippen molar-refractivity contribution in [2.24, 2.45) is 11.3 Å². The van der Waals surface area contributed by atoms with Crippen LogP contribution in [0.15, 0.2) is 22.8 Å². The van der Waals surface area contributed by atoms with Crippen LogP contribution in [-0.4, -0.2) is 22.2 Å². The van der Waals surface area contributed by atoms with E-state index in [4.69, 9.17) is 0 Å². The zero-order chi connectivity index (χ0) is 14.1. The van der Waals surface area contributed by atoms with E-state index in [1.165, 1.54) is 0 Å². The van der Waals surface area contributed by atoms with Gasteiger partial charge in [-0.15, -0.1) is 0 Å². The van der Waals surface area contributed by atoms with Gasteiger partial charge in [-0.3, -0.25) is 4.79 Å². The summed E-state index contributed by atoms with van der Waals surface area (Å²) >= 11 is 0. The molecule has 1 atom stereocenters. The van der Waals surface area contributed by atoms with Crippen molar-refractivity contribution in [3.05, 3.63) is 22.8 Å². The smallest absolute Gasteiger partial charge is 0.331 e. The van der Waals surface area contributed by atoms with Crippen molar-refractivity contribution in [1.29, 1.82) is 0 Å². The Labute approximate surface area is 107 Å². The molecule has 1 rings (SSSR count). The van der Waals surface area contributed by atoms with Crippen LogP contribution in [0.1, 0.15) is 40.5 Å². The molecule has 0 aromatic rings. The Bertz CT molecular complexity index is 443. The van der Waals surface area contributed by atoms with Gasteiger partial charge in [-0.05, 0) is 31.3 Å². The van der Waals surface area contributed by atoms with Crippen molar-refractivity contribution >= 4 is 11.9 Å². The molecule has 1 aliphatic carbocycles. The summed E-state index contributed by atoms with van der Waals surface area (Å²) in [6.07, 6.45) is 2.43. The van der Waals surface area contributed by atoms with E-state index < -0.39 is 17.4 Å². The van der Waals surface area contributed by atoms with Gasteiger partial charge in [-0.1, -0.05) is 32.4 Å². The molecule has 1 unspecified atom stereocenters. The second-order valence-corrected chi connectivity index (χ2v) is 5.10. The van der Waals surface area contributed by atoms with E-state index in [-0.39, 0.29) is 17.9 Å². The fourth-order valence-corrected chi connectivity index (χ4v) is 2.71. The van der Waals surface area contributed by atoms with E-state index >= 15 is 0 Å². The van der Waals surface area contributed by atoms with Gasteiger partial charge in [-0.25, -0.2) is 4.79 Å². The summed E-state index contributed by atoms with van der Waals surface area (Å²) in [6, 6.07) is 0. The van der Waals surface area contributed by atoms with Crippen molar-refractivity contribution in [2.45, 2.75) is 40.5 Å². The minimum absolute atomic E-state index is 0.0703. The van der Waals surface area contributed by atoms with Crippen LogP contribution in [0.4, 0.5) is 0 Å². The van der Waals surface area contributed by atoms with Gasteiger partial charge in [0.25, 0.3) is 0 Å². The molecule has 0 amide bonds. The fraction of sp³-hybridized carbons (Fsp3) is 0.571. The van der Waals surface area contributed by atoms with Crippen LogP contribution in [0.2, 0.25) is 0 Å². The highest BCUT2D eigenvalue weighted by atomic mass is 16.4. The summed E-state index contributed by atoms with van der Waals surface area (Å²) < 4.78 is 0.